The molecule has 0 fully saturated rings. The predicted octanol–water partition coefficient (Wildman–Crippen LogP) is 3.33. The topological polar surface area (TPSA) is 59.0 Å². The molecule has 0 bridgehead atoms. The number of nitrogens with zero attached hydrogens (tertiary/aromatic N) is 1. The minimum atomic E-state index is -0.348. The number of hydrogen-bond acceptors (Lipinski definition) is 3. The molecule has 0 aromatic heterocycles. The molecule has 1 aromatic rings. The van der Waals surface area contributed by atoms with Gasteiger partial charge >= 0.3 is 0 Å². The Morgan fingerprint density at radius 1 is 1.44 bits per heavy atom. The van der Waals surface area contributed by atoms with E-state index < -0.39 is 0 Å². The molecule has 1 atom stereocenters. The predicted molar refractivity (Wildman–Crippen MR) is 73.3 cm³/mol. The van der Waals surface area contributed by atoms with Crippen molar-refractivity contribution in [3.63, 3.8) is 0 Å². The van der Waals surface area contributed by atoms with Gasteiger partial charge in [-0.2, -0.15) is 5.26 Å². The molecule has 1 rings (SSSR count). The Bertz CT molecular complexity index is 444. The summed E-state index contributed by atoms with van der Waals surface area (Å²) in [6.45, 7) is 8.34. The average Bonchev–Trinajstić information content (AvgIpc) is 2.30. The number of aryl methyl sites for hydroxylation is 1. The molecule has 0 aliphatic carbocycles. The van der Waals surface area contributed by atoms with Crippen LogP contribution in [0.1, 0.15) is 44.4 Å². The van der Waals surface area contributed by atoms with Gasteiger partial charge in [-0.15, -0.1) is 0 Å². The molecular weight excluding hydrogens is 224 g/mol. The summed E-state index contributed by atoms with van der Waals surface area (Å²) in [5.74, 6) is 0.823. The summed E-state index contributed by atoms with van der Waals surface area (Å²) in [6.07, 6.45) is 0.704. The molecule has 0 saturated heterocycles. The SMILES string of the molecule is Cc1ccc(OCCC(C)(C)C#N)c(C(C)N)c1. The van der Waals surface area contributed by atoms with E-state index in [1.165, 1.54) is 5.56 Å². The van der Waals surface area contributed by atoms with Crippen LogP contribution in [0.2, 0.25) is 0 Å². The van der Waals surface area contributed by atoms with Crippen molar-refractivity contribution in [1.29, 1.82) is 5.26 Å². The molecule has 0 saturated carbocycles. The van der Waals surface area contributed by atoms with Gasteiger partial charge in [0.05, 0.1) is 18.1 Å². The fraction of sp³-hybridized carbons (Fsp3) is 0.533. The van der Waals surface area contributed by atoms with Crippen LogP contribution in [-0.4, -0.2) is 6.61 Å². The lowest BCUT2D eigenvalue weighted by molar-refractivity contribution is 0.261. The van der Waals surface area contributed by atoms with Gasteiger partial charge in [0.2, 0.25) is 0 Å². The van der Waals surface area contributed by atoms with E-state index >= 15 is 0 Å². The quantitative estimate of drug-likeness (QED) is 0.866. The molecule has 0 heterocycles. The number of nitriles is 1. The summed E-state index contributed by atoms with van der Waals surface area (Å²) < 4.78 is 5.76. The Hall–Kier alpha value is -1.53. The Balaban J connectivity index is 2.71. The van der Waals surface area contributed by atoms with E-state index in [1.54, 1.807) is 0 Å². The summed E-state index contributed by atoms with van der Waals surface area (Å²) in [4.78, 5) is 0. The van der Waals surface area contributed by atoms with Crippen LogP contribution in [0, 0.1) is 23.7 Å². The zero-order chi connectivity index (χ0) is 13.8. The lowest BCUT2D eigenvalue weighted by atomic mass is 9.92. The monoisotopic (exact) mass is 246 g/mol. The van der Waals surface area contributed by atoms with Crippen LogP contribution in [0.5, 0.6) is 5.75 Å². The fourth-order valence-electron chi connectivity index (χ4n) is 1.63. The molecule has 0 amide bonds. The molecule has 3 nitrogen and oxygen atoms in total. The Morgan fingerprint density at radius 3 is 2.67 bits per heavy atom. The first-order valence-corrected chi connectivity index (χ1v) is 6.26. The number of hydrogen-bond donors (Lipinski definition) is 1. The Kier molecular flexibility index (Phi) is 4.75. The lowest BCUT2D eigenvalue weighted by Crippen LogP contribution is -2.14. The van der Waals surface area contributed by atoms with Crippen molar-refractivity contribution in [2.45, 2.75) is 40.2 Å². The maximum Gasteiger partial charge on any atom is 0.124 e. The normalized spacial score (nSPS) is 12.9. The molecule has 0 radical (unpaired) electrons. The third kappa shape index (κ3) is 4.05. The third-order valence-corrected chi connectivity index (χ3v) is 2.94. The number of nitrogens with two attached hydrogens (primary N) is 1. The Labute approximate surface area is 110 Å². The van der Waals surface area contributed by atoms with Gasteiger partial charge < -0.3 is 10.5 Å². The van der Waals surface area contributed by atoms with Crippen LogP contribution in [-0.2, 0) is 0 Å². The van der Waals surface area contributed by atoms with E-state index in [-0.39, 0.29) is 11.5 Å². The highest BCUT2D eigenvalue weighted by atomic mass is 16.5. The van der Waals surface area contributed by atoms with Crippen molar-refractivity contribution in [3.8, 4) is 11.8 Å². The lowest BCUT2D eigenvalue weighted by Gasteiger charge is -2.18. The van der Waals surface area contributed by atoms with E-state index in [4.69, 9.17) is 15.7 Å². The van der Waals surface area contributed by atoms with Crippen LogP contribution >= 0.6 is 0 Å². The van der Waals surface area contributed by atoms with Crippen molar-refractivity contribution in [2.24, 2.45) is 11.1 Å². The van der Waals surface area contributed by atoms with Crippen molar-refractivity contribution >= 4 is 0 Å². The van der Waals surface area contributed by atoms with Crippen LogP contribution in [0.25, 0.3) is 0 Å². The highest BCUT2D eigenvalue weighted by molar-refractivity contribution is 5.38. The summed E-state index contributed by atoms with van der Waals surface area (Å²) in [5.41, 5.74) is 7.78. The zero-order valence-corrected chi connectivity index (χ0v) is 11.7. The molecule has 1 aromatic carbocycles. The van der Waals surface area contributed by atoms with Crippen LogP contribution < -0.4 is 10.5 Å². The van der Waals surface area contributed by atoms with Crippen molar-refractivity contribution in [1.82, 2.24) is 0 Å². The van der Waals surface area contributed by atoms with Gasteiger partial charge in [0.15, 0.2) is 0 Å². The second-order valence-electron chi connectivity index (χ2n) is 5.42. The van der Waals surface area contributed by atoms with Gasteiger partial charge in [-0.1, -0.05) is 17.7 Å². The van der Waals surface area contributed by atoms with E-state index in [0.717, 1.165) is 11.3 Å². The summed E-state index contributed by atoms with van der Waals surface area (Å²) in [6, 6.07) is 8.23. The van der Waals surface area contributed by atoms with Crippen molar-refractivity contribution in [2.75, 3.05) is 6.61 Å². The van der Waals surface area contributed by atoms with Crippen molar-refractivity contribution in [3.05, 3.63) is 29.3 Å². The molecule has 1 unspecified atom stereocenters. The van der Waals surface area contributed by atoms with E-state index in [1.807, 2.05) is 39.8 Å². The standard InChI is InChI=1S/C15H22N2O/c1-11-5-6-14(13(9-11)12(2)17)18-8-7-15(3,4)10-16/h5-6,9,12H,7-8,17H2,1-4H3. The molecule has 98 valence electrons. The first-order valence-electron chi connectivity index (χ1n) is 6.26. The van der Waals surface area contributed by atoms with E-state index in [9.17, 15) is 0 Å². The fourth-order valence-corrected chi connectivity index (χ4v) is 1.63. The maximum atomic E-state index is 8.94. The molecule has 2 N–H and O–H groups in total. The maximum absolute atomic E-state index is 8.94. The molecule has 18 heavy (non-hydrogen) atoms. The minimum absolute atomic E-state index is 0.0520. The largest absolute Gasteiger partial charge is 0.493 e. The van der Waals surface area contributed by atoms with Crippen LogP contribution in [0.3, 0.4) is 0 Å². The van der Waals surface area contributed by atoms with E-state index in [0.29, 0.717) is 13.0 Å². The second kappa shape index (κ2) is 5.88. The molecule has 3 heteroatoms. The number of rotatable bonds is 5. The Morgan fingerprint density at radius 2 is 2.11 bits per heavy atom. The third-order valence-electron chi connectivity index (χ3n) is 2.94. The van der Waals surface area contributed by atoms with Gasteiger partial charge in [0.1, 0.15) is 5.75 Å². The number of benzene rings is 1. The summed E-state index contributed by atoms with van der Waals surface area (Å²) in [5, 5.41) is 8.94. The highest BCUT2D eigenvalue weighted by Gasteiger charge is 2.17. The zero-order valence-electron chi connectivity index (χ0n) is 11.7. The highest BCUT2D eigenvalue weighted by Crippen LogP contribution is 2.26. The first-order chi connectivity index (χ1) is 8.35. The molecular formula is C15H22N2O. The van der Waals surface area contributed by atoms with Gasteiger partial charge in [-0.3, -0.25) is 0 Å². The minimum Gasteiger partial charge on any atom is -0.493 e. The molecule has 0 aliphatic heterocycles. The second-order valence-corrected chi connectivity index (χ2v) is 5.42. The summed E-state index contributed by atoms with van der Waals surface area (Å²) in [7, 11) is 0. The van der Waals surface area contributed by atoms with Crippen LogP contribution in [0.15, 0.2) is 18.2 Å². The first kappa shape index (κ1) is 14.5. The van der Waals surface area contributed by atoms with E-state index in [2.05, 4.69) is 12.1 Å². The van der Waals surface area contributed by atoms with Gasteiger partial charge in [-0.25, -0.2) is 0 Å². The summed E-state index contributed by atoms with van der Waals surface area (Å²) >= 11 is 0. The number of ether oxygens (including phenoxy) is 1. The van der Waals surface area contributed by atoms with Gasteiger partial charge in [0, 0.05) is 11.6 Å². The molecule has 0 aliphatic rings. The average molecular weight is 246 g/mol. The smallest absolute Gasteiger partial charge is 0.124 e. The van der Waals surface area contributed by atoms with Gasteiger partial charge in [0.25, 0.3) is 0 Å². The van der Waals surface area contributed by atoms with Crippen LogP contribution in [0.4, 0.5) is 0 Å². The van der Waals surface area contributed by atoms with Gasteiger partial charge in [-0.05, 0) is 40.2 Å². The van der Waals surface area contributed by atoms with Crippen molar-refractivity contribution < 1.29 is 4.74 Å². The molecule has 0 spiro atoms.